The standard InChI is InChI=1S/C21H24ClN3O4S/c1-15-9-10-17(22)11-18(15)25-19(26)13-24(30(3,28)29)14-21(25,2)20(27)23-12-16-7-5-4-6-8-16/h4-11H,12-14H2,1-3H3,(H,23,27)/t21-/m0/s1. The molecular weight excluding hydrogens is 426 g/mol. The number of nitrogens with one attached hydrogen (secondary N) is 1. The van der Waals surface area contributed by atoms with Crippen LogP contribution >= 0.6 is 11.6 Å². The molecule has 9 heteroatoms. The van der Waals surface area contributed by atoms with Crippen LogP contribution in [0.25, 0.3) is 0 Å². The molecule has 0 radical (unpaired) electrons. The number of aryl methyl sites for hydroxylation is 1. The Morgan fingerprint density at radius 3 is 2.50 bits per heavy atom. The van der Waals surface area contributed by atoms with Crippen LogP contribution in [-0.2, 0) is 26.2 Å². The molecule has 1 N–H and O–H groups in total. The highest BCUT2D eigenvalue weighted by molar-refractivity contribution is 7.88. The van der Waals surface area contributed by atoms with Crippen LogP contribution in [0.5, 0.6) is 0 Å². The van der Waals surface area contributed by atoms with Gasteiger partial charge >= 0.3 is 0 Å². The predicted molar refractivity (Wildman–Crippen MR) is 117 cm³/mol. The number of piperazine rings is 1. The second-order valence-electron chi connectivity index (χ2n) is 7.63. The molecule has 0 spiro atoms. The predicted octanol–water partition coefficient (Wildman–Crippen LogP) is 2.33. The van der Waals surface area contributed by atoms with E-state index in [1.807, 2.05) is 37.3 Å². The summed E-state index contributed by atoms with van der Waals surface area (Å²) in [5, 5.41) is 3.27. The summed E-state index contributed by atoms with van der Waals surface area (Å²) in [5.74, 6) is -0.943. The molecule has 0 unspecified atom stereocenters. The quantitative estimate of drug-likeness (QED) is 0.759. The molecule has 1 aliphatic rings. The summed E-state index contributed by atoms with van der Waals surface area (Å²) >= 11 is 6.15. The number of rotatable bonds is 5. The van der Waals surface area contributed by atoms with Gasteiger partial charge in [-0.3, -0.25) is 14.5 Å². The van der Waals surface area contributed by atoms with Gasteiger partial charge in [0.2, 0.25) is 21.8 Å². The Balaban J connectivity index is 2.01. The number of anilines is 1. The summed E-state index contributed by atoms with van der Waals surface area (Å²) in [6, 6.07) is 14.4. The second kappa shape index (κ2) is 8.37. The van der Waals surface area contributed by atoms with E-state index >= 15 is 0 Å². The van der Waals surface area contributed by atoms with Gasteiger partial charge in [0.1, 0.15) is 5.54 Å². The number of amides is 2. The third-order valence-electron chi connectivity index (χ3n) is 5.20. The lowest BCUT2D eigenvalue weighted by molar-refractivity contribution is -0.133. The van der Waals surface area contributed by atoms with E-state index in [-0.39, 0.29) is 19.6 Å². The third-order valence-corrected chi connectivity index (χ3v) is 6.64. The normalized spacial score (nSPS) is 20.3. The first kappa shape index (κ1) is 22.3. The highest BCUT2D eigenvalue weighted by Gasteiger charge is 2.50. The van der Waals surface area contributed by atoms with Gasteiger partial charge in [0.25, 0.3) is 0 Å². The van der Waals surface area contributed by atoms with E-state index in [0.717, 1.165) is 21.7 Å². The van der Waals surface area contributed by atoms with Crippen molar-refractivity contribution in [3.63, 3.8) is 0 Å². The maximum absolute atomic E-state index is 13.3. The van der Waals surface area contributed by atoms with E-state index in [4.69, 9.17) is 11.6 Å². The van der Waals surface area contributed by atoms with Crippen LogP contribution in [0.15, 0.2) is 48.5 Å². The number of benzene rings is 2. The lowest BCUT2D eigenvalue weighted by Gasteiger charge is -2.47. The fourth-order valence-corrected chi connectivity index (χ4v) is 4.56. The van der Waals surface area contributed by atoms with Gasteiger partial charge in [-0.25, -0.2) is 8.42 Å². The Hall–Kier alpha value is -2.42. The summed E-state index contributed by atoms with van der Waals surface area (Å²) in [5.41, 5.74) is 0.672. The molecule has 3 rings (SSSR count). The van der Waals surface area contributed by atoms with Crippen LogP contribution in [0.3, 0.4) is 0 Å². The van der Waals surface area contributed by atoms with Crippen LogP contribution < -0.4 is 10.2 Å². The van der Waals surface area contributed by atoms with Gasteiger partial charge in [-0.2, -0.15) is 4.31 Å². The van der Waals surface area contributed by atoms with E-state index in [1.165, 1.54) is 4.90 Å². The van der Waals surface area contributed by atoms with E-state index in [1.54, 1.807) is 25.1 Å². The topological polar surface area (TPSA) is 86.8 Å². The van der Waals surface area contributed by atoms with Gasteiger partial charge in [-0.15, -0.1) is 0 Å². The maximum Gasteiger partial charge on any atom is 0.247 e. The van der Waals surface area contributed by atoms with Crippen LogP contribution in [0.4, 0.5) is 5.69 Å². The molecule has 2 aromatic carbocycles. The van der Waals surface area contributed by atoms with Crippen molar-refractivity contribution in [3.05, 3.63) is 64.7 Å². The van der Waals surface area contributed by atoms with Crippen molar-refractivity contribution in [2.24, 2.45) is 0 Å². The fraction of sp³-hybridized carbons (Fsp3) is 0.333. The monoisotopic (exact) mass is 449 g/mol. The molecule has 1 fully saturated rings. The molecule has 0 saturated carbocycles. The highest BCUT2D eigenvalue weighted by atomic mass is 35.5. The van der Waals surface area contributed by atoms with Crippen molar-refractivity contribution in [1.29, 1.82) is 0 Å². The van der Waals surface area contributed by atoms with Gasteiger partial charge in [0.15, 0.2) is 0 Å². The van der Waals surface area contributed by atoms with Gasteiger partial charge in [-0.1, -0.05) is 48.0 Å². The first-order valence-electron chi connectivity index (χ1n) is 9.39. The molecule has 0 aliphatic carbocycles. The molecule has 2 aromatic rings. The van der Waals surface area contributed by atoms with Crippen molar-refractivity contribution in [2.45, 2.75) is 25.9 Å². The minimum Gasteiger partial charge on any atom is -0.350 e. The minimum atomic E-state index is -3.67. The zero-order valence-corrected chi connectivity index (χ0v) is 18.6. The Morgan fingerprint density at radius 1 is 1.20 bits per heavy atom. The van der Waals surface area contributed by atoms with Gasteiger partial charge in [0, 0.05) is 23.8 Å². The summed E-state index contributed by atoms with van der Waals surface area (Å²) in [7, 11) is -3.67. The number of halogens is 1. The van der Waals surface area contributed by atoms with Crippen LogP contribution in [0.2, 0.25) is 5.02 Å². The minimum absolute atomic E-state index is 0.163. The van der Waals surface area contributed by atoms with Gasteiger partial charge in [0.05, 0.1) is 12.8 Å². The summed E-state index contributed by atoms with van der Waals surface area (Å²) in [6.07, 6.45) is 1.03. The molecule has 2 amide bonds. The largest absolute Gasteiger partial charge is 0.350 e. The Labute approximate surface area is 181 Å². The third kappa shape index (κ3) is 4.50. The zero-order valence-electron chi connectivity index (χ0n) is 17.1. The first-order chi connectivity index (χ1) is 14.0. The average Bonchev–Trinajstić information content (AvgIpc) is 2.68. The van der Waals surface area contributed by atoms with Crippen molar-refractivity contribution in [3.8, 4) is 0 Å². The number of hydrogen-bond donors (Lipinski definition) is 1. The van der Waals surface area contributed by atoms with Gasteiger partial charge in [-0.05, 0) is 37.1 Å². The number of hydrogen-bond acceptors (Lipinski definition) is 4. The molecule has 1 heterocycles. The van der Waals surface area contributed by atoms with Crippen LogP contribution in [0, 0.1) is 6.92 Å². The Morgan fingerprint density at radius 2 is 1.87 bits per heavy atom. The maximum atomic E-state index is 13.3. The number of carbonyl (C=O) groups is 2. The molecule has 7 nitrogen and oxygen atoms in total. The van der Waals surface area contributed by atoms with Crippen LogP contribution in [0.1, 0.15) is 18.1 Å². The zero-order chi connectivity index (χ0) is 22.1. The van der Waals surface area contributed by atoms with Gasteiger partial charge < -0.3 is 5.32 Å². The lowest BCUT2D eigenvalue weighted by atomic mass is 9.93. The molecule has 1 aliphatic heterocycles. The summed E-state index contributed by atoms with van der Waals surface area (Å²) in [4.78, 5) is 27.8. The molecule has 0 aromatic heterocycles. The highest BCUT2D eigenvalue weighted by Crippen LogP contribution is 2.34. The van der Waals surface area contributed by atoms with Crippen molar-refractivity contribution < 1.29 is 18.0 Å². The molecule has 160 valence electrons. The van der Waals surface area contributed by atoms with Crippen molar-refractivity contribution >= 4 is 39.1 Å². The number of nitrogens with zero attached hydrogens (tertiary/aromatic N) is 2. The SMILES string of the molecule is Cc1ccc(Cl)cc1N1C(=O)CN(S(C)(=O)=O)C[C@@]1(C)C(=O)NCc1ccccc1. The lowest BCUT2D eigenvalue weighted by Crippen LogP contribution is -2.70. The summed E-state index contributed by atoms with van der Waals surface area (Å²) in [6.45, 7) is 3.13. The number of carbonyl (C=O) groups excluding carboxylic acids is 2. The average molecular weight is 450 g/mol. The van der Waals surface area contributed by atoms with Crippen LogP contribution in [-0.4, -0.2) is 49.4 Å². The smallest absolute Gasteiger partial charge is 0.247 e. The molecule has 1 atom stereocenters. The molecule has 1 saturated heterocycles. The van der Waals surface area contributed by atoms with E-state index in [9.17, 15) is 18.0 Å². The Bertz CT molecular complexity index is 1070. The van der Waals surface area contributed by atoms with E-state index < -0.39 is 27.4 Å². The molecular formula is C21H24ClN3O4S. The summed E-state index contributed by atoms with van der Waals surface area (Å²) < 4.78 is 25.4. The molecule has 30 heavy (non-hydrogen) atoms. The fourth-order valence-electron chi connectivity index (χ4n) is 3.57. The van der Waals surface area contributed by atoms with E-state index in [0.29, 0.717) is 10.7 Å². The first-order valence-corrected chi connectivity index (χ1v) is 11.6. The Kier molecular flexibility index (Phi) is 6.21. The van der Waals surface area contributed by atoms with Crippen molar-refractivity contribution in [2.75, 3.05) is 24.2 Å². The number of sulfonamides is 1. The molecule has 0 bridgehead atoms. The second-order valence-corrected chi connectivity index (χ2v) is 10.1. The van der Waals surface area contributed by atoms with E-state index in [2.05, 4.69) is 5.32 Å². The van der Waals surface area contributed by atoms with Crippen molar-refractivity contribution in [1.82, 2.24) is 9.62 Å².